The number of pyridine rings is 1. The molecule has 1 saturated heterocycles. The van der Waals surface area contributed by atoms with Crippen molar-refractivity contribution in [3.05, 3.63) is 77.2 Å². The molecule has 0 aliphatic carbocycles. The fourth-order valence-electron chi connectivity index (χ4n) is 4.13. The Balaban J connectivity index is 1.36. The Morgan fingerprint density at radius 1 is 1.00 bits per heavy atom. The van der Waals surface area contributed by atoms with Crippen molar-refractivity contribution in [3.63, 3.8) is 0 Å². The molecule has 4 rings (SSSR count). The molecule has 200 valence electrons. The number of amides is 2. The Morgan fingerprint density at radius 2 is 1.74 bits per heavy atom. The summed E-state index contributed by atoms with van der Waals surface area (Å²) in [7, 11) is 0. The van der Waals surface area contributed by atoms with Crippen LogP contribution < -0.4 is 10.2 Å². The molecular weight excluding hydrogens is 496 g/mol. The zero-order valence-electron chi connectivity index (χ0n) is 22.6. The van der Waals surface area contributed by atoms with Crippen LogP contribution in [0.4, 0.5) is 5.82 Å². The third-order valence-electron chi connectivity index (χ3n) is 6.49. The van der Waals surface area contributed by atoms with Crippen molar-refractivity contribution in [2.24, 2.45) is 0 Å². The lowest BCUT2D eigenvalue weighted by Crippen LogP contribution is -2.48. The van der Waals surface area contributed by atoms with E-state index in [1.165, 1.54) is 0 Å². The van der Waals surface area contributed by atoms with Gasteiger partial charge in [-0.2, -0.15) is 0 Å². The van der Waals surface area contributed by atoms with Gasteiger partial charge in [0.05, 0.1) is 5.69 Å². The van der Waals surface area contributed by atoms with E-state index >= 15 is 0 Å². The molecule has 3 heterocycles. The van der Waals surface area contributed by atoms with Gasteiger partial charge in [-0.25, -0.2) is 9.97 Å². The summed E-state index contributed by atoms with van der Waals surface area (Å²) in [6, 6.07) is 15.5. The summed E-state index contributed by atoms with van der Waals surface area (Å²) in [5.41, 5.74) is 3.58. The van der Waals surface area contributed by atoms with E-state index in [1.54, 1.807) is 24.9 Å². The number of piperazine rings is 1. The molecule has 1 aliphatic rings. The first kappa shape index (κ1) is 27.6. The molecule has 0 atom stereocenters. The molecule has 2 aromatic heterocycles. The van der Waals surface area contributed by atoms with E-state index in [-0.39, 0.29) is 17.2 Å². The second-order valence-electron chi connectivity index (χ2n) is 10.4. The molecule has 1 aliphatic heterocycles. The summed E-state index contributed by atoms with van der Waals surface area (Å²) in [5.74, 6) is 1.64. The number of rotatable bonds is 8. The maximum atomic E-state index is 12.5. The topological polar surface area (TPSA) is 91.3 Å². The Bertz CT molecular complexity index is 1240. The number of anilines is 1. The van der Waals surface area contributed by atoms with Crippen LogP contribution in [0.15, 0.2) is 59.9 Å². The van der Waals surface area contributed by atoms with Gasteiger partial charge >= 0.3 is 0 Å². The molecule has 2 amide bonds. The monoisotopic (exact) mass is 532 g/mol. The van der Waals surface area contributed by atoms with Crippen LogP contribution in [0.1, 0.15) is 55.0 Å². The van der Waals surface area contributed by atoms with Crippen LogP contribution in [-0.2, 0) is 22.4 Å². The summed E-state index contributed by atoms with van der Waals surface area (Å²) < 4.78 is 0. The lowest BCUT2D eigenvalue weighted by Gasteiger charge is -2.35. The lowest BCUT2D eigenvalue weighted by atomic mass is 9.92. The number of hydrogen-bond donors (Lipinski definition) is 1. The fraction of sp³-hybridized carbons (Fsp3) is 0.414. The van der Waals surface area contributed by atoms with E-state index < -0.39 is 0 Å². The van der Waals surface area contributed by atoms with Gasteiger partial charge < -0.3 is 15.1 Å². The van der Waals surface area contributed by atoms with E-state index in [0.717, 1.165) is 41.0 Å². The smallest absolute Gasteiger partial charge is 0.251 e. The minimum atomic E-state index is -0.111. The van der Waals surface area contributed by atoms with E-state index in [0.29, 0.717) is 37.4 Å². The van der Waals surface area contributed by atoms with E-state index in [9.17, 15) is 9.59 Å². The summed E-state index contributed by atoms with van der Waals surface area (Å²) >= 11 is 1.59. The number of aromatic nitrogens is 3. The maximum absolute atomic E-state index is 12.5. The van der Waals surface area contributed by atoms with Crippen LogP contribution in [0.3, 0.4) is 0 Å². The van der Waals surface area contributed by atoms with Crippen LogP contribution in [0, 0.1) is 0 Å². The summed E-state index contributed by atoms with van der Waals surface area (Å²) in [6.45, 7) is 11.6. The normalized spacial score (nSPS) is 13.9. The van der Waals surface area contributed by atoms with Crippen molar-refractivity contribution in [2.75, 3.05) is 37.6 Å². The molecular formula is C29H36N6O2S. The molecule has 3 aromatic rings. The Hall–Kier alpha value is -3.46. The highest BCUT2D eigenvalue weighted by atomic mass is 32.2. The first-order valence-electron chi connectivity index (χ1n) is 13.0. The van der Waals surface area contributed by atoms with Crippen LogP contribution >= 0.6 is 11.8 Å². The summed E-state index contributed by atoms with van der Waals surface area (Å²) in [4.78, 5) is 42.4. The van der Waals surface area contributed by atoms with Gasteiger partial charge in [-0.05, 0) is 29.8 Å². The highest BCUT2D eigenvalue weighted by Gasteiger charge is 2.23. The molecule has 0 spiro atoms. The van der Waals surface area contributed by atoms with Crippen LogP contribution in [0.25, 0.3) is 0 Å². The summed E-state index contributed by atoms with van der Waals surface area (Å²) in [5, 5.41) is 3.69. The SMILES string of the molecule is CC(=O)N1CCN(c2cc(C(C)(C)C)nc(SCc3ccc(C(=O)NCCc4ccccn4)cc3)n2)CC1. The maximum Gasteiger partial charge on any atom is 0.251 e. The quantitative estimate of drug-likeness (QED) is 0.345. The molecule has 1 N–H and O–H groups in total. The minimum Gasteiger partial charge on any atom is -0.353 e. The number of carbonyl (C=O) groups excluding carboxylic acids is 2. The highest BCUT2D eigenvalue weighted by molar-refractivity contribution is 7.98. The Kier molecular flexibility index (Phi) is 8.99. The molecule has 38 heavy (non-hydrogen) atoms. The van der Waals surface area contributed by atoms with Crippen LogP contribution in [0.2, 0.25) is 0 Å². The largest absolute Gasteiger partial charge is 0.353 e. The number of hydrogen-bond acceptors (Lipinski definition) is 7. The predicted octanol–water partition coefficient (Wildman–Crippen LogP) is 4.10. The molecule has 9 heteroatoms. The van der Waals surface area contributed by atoms with Crippen molar-refractivity contribution in [3.8, 4) is 0 Å². The Morgan fingerprint density at radius 3 is 2.37 bits per heavy atom. The van der Waals surface area contributed by atoms with Crippen molar-refractivity contribution in [1.29, 1.82) is 0 Å². The second kappa shape index (κ2) is 12.4. The van der Waals surface area contributed by atoms with Gasteiger partial charge in [0.15, 0.2) is 5.16 Å². The third-order valence-corrected chi connectivity index (χ3v) is 7.40. The number of carbonyl (C=O) groups is 2. The first-order chi connectivity index (χ1) is 18.2. The number of nitrogens with zero attached hydrogens (tertiary/aromatic N) is 5. The van der Waals surface area contributed by atoms with Gasteiger partial charge in [0.25, 0.3) is 5.91 Å². The van der Waals surface area contributed by atoms with Crippen molar-refractivity contribution >= 4 is 29.4 Å². The lowest BCUT2D eigenvalue weighted by molar-refractivity contribution is -0.129. The fourth-order valence-corrected chi connectivity index (χ4v) is 4.94. The minimum absolute atomic E-state index is 0.0872. The second-order valence-corrected chi connectivity index (χ2v) is 11.4. The zero-order chi connectivity index (χ0) is 27.1. The standard InChI is InChI=1S/C29H36N6O2S/c1-21(36)34-15-17-35(18-16-34)26-19-25(29(2,3)4)32-28(33-26)38-20-22-8-10-23(11-9-22)27(37)31-14-12-24-7-5-6-13-30-24/h5-11,13,19H,12,14-18,20H2,1-4H3,(H,31,37). The number of nitrogens with one attached hydrogen (secondary N) is 1. The van der Waals surface area contributed by atoms with Gasteiger partial charge in [-0.15, -0.1) is 0 Å². The summed E-state index contributed by atoms with van der Waals surface area (Å²) in [6.07, 6.45) is 2.46. The van der Waals surface area contributed by atoms with Gasteiger partial charge in [-0.1, -0.05) is 50.7 Å². The van der Waals surface area contributed by atoms with Crippen LogP contribution in [0.5, 0.6) is 0 Å². The number of benzene rings is 1. The van der Waals surface area contributed by atoms with Gasteiger partial charge in [0.2, 0.25) is 5.91 Å². The third kappa shape index (κ3) is 7.54. The van der Waals surface area contributed by atoms with Gasteiger partial charge in [0.1, 0.15) is 5.82 Å². The predicted molar refractivity (Wildman–Crippen MR) is 151 cm³/mol. The Labute approximate surface area is 229 Å². The first-order valence-corrected chi connectivity index (χ1v) is 14.0. The van der Waals surface area contributed by atoms with E-state index in [2.05, 4.69) is 42.0 Å². The molecule has 0 saturated carbocycles. The molecule has 0 radical (unpaired) electrons. The van der Waals surface area contributed by atoms with E-state index in [1.807, 2.05) is 47.4 Å². The zero-order valence-corrected chi connectivity index (χ0v) is 23.4. The van der Waals surface area contributed by atoms with E-state index in [4.69, 9.17) is 9.97 Å². The van der Waals surface area contributed by atoms with Crippen molar-refractivity contribution in [2.45, 2.75) is 50.4 Å². The average Bonchev–Trinajstić information content (AvgIpc) is 2.92. The highest BCUT2D eigenvalue weighted by Crippen LogP contribution is 2.29. The van der Waals surface area contributed by atoms with Crippen molar-refractivity contribution < 1.29 is 9.59 Å². The van der Waals surface area contributed by atoms with Gasteiger partial charge in [-0.3, -0.25) is 14.6 Å². The molecule has 0 bridgehead atoms. The molecule has 0 unspecified atom stereocenters. The van der Waals surface area contributed by atoms with Gasteiger partial charge in [0, 0.05) is 80.8 Å². The number of thioether (sulfide) groups is 1. The molecule has 1 aromatic carbocycles. The van der Waals surface area contributed by atoms with Crippen molar-refractivity contribution in [1.82, 2.24) is 25.2 Å². The average molecular weight is 533 g/mol. The molecule has 8 nitrogen and oxygen atoms in total. The van der Waals surface area contributed by atoms with Crippen LogP contribution in [-0.4, -0.2) is 64.4 Å². The molecule has 1 fully saturated rings.